The summed E-state index contributed by atoms with van der Waals surface area (Å²) in [5, 5.41) is 1.04. The van der Waals surface area contributed by atoms with Crippen LogP contribution in [0.25, 0.3) is 0 Å². The zero-order chi connectivity index (χ0) is 10.8. The van der Waals surface area contributed by atoms with E-state index >= 15 is 0 Å². The highest BCUT2D eigenvalue weighted by Gasteiger charge is 2.29. The molecule has 1 saturated heterocycles. The number of ether oxygens (including phenoxy) is 1. The molecule has 0 radical (unpaired) electrons. The molecule has 0 bridgehead atoms. The van der Waals surface area contributed by atoms with E-state index in [0.29, 0.717) is 18.7 Å². The summed E-state index contributed by atoms with van der Waals surface area (Å²) < 4.78 is 9.30. The van der Waals surface area contributed by atoms with Crippen LogP contribution in [0, 0.1) is 0 Å². The van der Waals surface area contributed by atoms with Crippen molar-refractivity contribution in [3.05, 3.63) is 5.82 Å². The van der Waals surface area contributed by atoms with Crippen LogP contribution in [0.15, 0.2) is 0 Å². The number of methoxy groups -OCH3 is 1. The van der Waals surface area contributed by atoms with Gasteiger partial charge in [0.25, 0.3) is 0 Å². The molecule has 1 aromatic rings. The molecule has 5 heteroatoms. The first kappa shape index (κ1) is 10.8. The van der Waals surface area contributed by atoms with Crippen LogP contribution in [-0.4, -0.2) is 28.6 Å². The van der Waals surface area contributed by atoms with Gasteiger partial charge in [0, 0.05) is 30.7 Å². The lowest BCUT2D eigenvalue weighted by Gasteiger charge is -2.24. The lowest BCUT2D eigenvalue weighted by atomic mass is 10.2. The van der Waals surface area contributed by atoms with Crippen LogP contribution in [0.5, 0.6) is 0 Å². The minimum absolute atomic E-state index is 0.507. The summed E-state index contributed by atoms with van der Waals surface area (Å²) in [7, 11) is 1.67. The van der Waals surface area contributed by atoms with Crippen LogP contribution in [0.4, 0.5) is 5.13 Å². The van der Waals surface area contributed by atoms with Gasteiger partial charge in [-0.15, -0.1) is 0 Å². The number of nitrogens with zero attached hydrogens (tertiary/aromatic N) is 3. The Morgan fingerprint density at radius 2 is 2.07 bits per heavy atom. The Hall–Kier alpha value is -0.680. The third kappa shape index (κ3) is 2.13. The fourth-order valence-corrected chi connectivity index (χ4v) is 2.99. The lowest BCUT2D eigenvalue weighted by Crippen LogP contribution is -2.32. The first-order valence-corrected chi connectivity index (χ1v) is 6.09. The summed E-state index contributed by atoms with van der Waals surface area (Å²) in [5.41, 5.74) is 0. The summed E-state index contributed by atoms with van der Waals surface area (Å²) in [4.78, 5) is 6.86. The topological polar surface area (TPSA) is 38.2 Å². The SMILES string of the molecule is COCc1nsc(N2[C@H](C)CC[C@@H]2C)n1. The lowest BCUT2D eigenvalue weighted by molar-refractivity contribution is 0.179. The van der Waals surface area contributed by atoms with Crippen LogP contribution >= 0.6 is 11.5 Å². The van der Waals surface area contributed by atoms with Crippen molar-refractivity contribution in [2.75, 3.05) is 12.0 Å². The van der Waals surface area contributed by atoms with Crippen molar-refractivity contribution in [3.63, 3.8) is 0 Å². The zero-order valence-corrected chi connectivity index (χ0v) is 10.3. The summed E-state index contributed by atoms with van der Waals surface area (Å²) in [6, 6.07) is 1.17. The van der Waals surface area contributed by atoms with Crippen molar-refractivity contribution < 1.29 is 4.74 Å². The van der Waals surface area contributed by atoms with E-state index in [2.05, 4.69) is 28.1 Å². The molecule has 2 heterocycles. The molecule has 2 rings (SSSR count). The fraction of sp³-hybridized carbons (Fsp3) is 0.800. The third-order valence-corrected chi connectivity index (χ3v) is 3.67. The molecule has 0 N–H and O–H groups in total. The van der Waals surface area contributed by atoms with Gasteiger partial charge in [-0.1, -0.05) is 0 Å². The van der Waals surface area contributed by atoms with E-state index < -0.39 is 0 Å². The third-order valence-electron chi connectivity index (χ3n) is 2.90. The van der Waals surface area contributed by atoms with Gasteiger partial charge < -0.3 is 9.64 Å². The minimum Gasteiger partial charge on any atom is -0.377 e. The highest BCUT2D eigenvalue weighted by Crippen LogP contribution is 2.31. The summed E-state index contributed by atoms with van der Waals surface area (Å²) in [6.45, 7) is 5.01. The Balaban J connectivity index is 2.14. The zero-order valence-electron chi connectivity index (χ0n) is 9.43. The molecule has 15 heavy (non-hydrogen) atoms. The highest BCUT2D eigenvalue weighted by molar-refractivity contribution is 7.09. The average molecular weight is 227 g/mol. The first-order valence-electron chi connectivity index (χ1n) is 5.32. The Morgan fingerprint density at radius 1 is 1.40 bits per heavy atom. The highest BCUT2D eigenvalue weighted by atomic mass is 32.1. The van der Waals surface area contributed by atoms with E-state index in [4.69, 9.17) is 4.74 Å². The Labute approximate surface area is 94.4 Å². The molecule has 1 fully saturated rings. The van der Waals surface area contributed by atoms with E-state index in [0.717, 1.165) is 11.0 Å². The van der Waals surface area contributed by atoms with Gasteiger partial charge in [0.15, 0.2) is 5.82 Å². The Morgan fingerprint density at radius 3 is 2.67 bits per heavy atom. The van der Waals surface area contributed by atoms with Gasteiger partial charge in [-0.2, -0.15) is 4.37 Å². The van der Waals surface area contributed by atoms with E-state index in [9.17, 15) is 0 Å². The Bertz CT molecular complexity index is 318. The minimum atomic E-state index is 0.507. The largest absolute Gasteiger partial charge is 0.377 e. The number of hydrogen-bond acceptors (Lipinski definition) is 5. The smallest absolute Gasteiger partial charge is 0.205 e. The van der Waals surface area contributed by atoms with Gasteiger partial charge in [0.2, 0.25) is 5.13 Å². The van der Waals surface area contributed by atoms with Crippen molar-refractivity contribution in [3.8, 4) is 0 Å². The molecule has 1 aliphatic rings. The molecule has 0 saturated carbocycles. The Kier molecular flexibility index (Phi) is 3.21. The van der Waals surface area contributed by atoms with Gasteiger partial charge in [0.05, 0.1) is 0 Å². The number of anilines is 1. The van der Waals surface area contributed by atoms with E-state index in [1.54, 1.807) is 7.11 Å². The number of aromatic nitrogens is 2. The van der Waals surface area contributed by atoms with E-state index in [1.165, 1.54) is 24.4 Å². The molecular weight excluding hydrogens is 210 g/mol. The van der Waals surface area contributed by atoms with E-state index in [-0.39, 0.29) is 0 Å². The van der Waals surface area contributed by atoms with Crippen LogP contribution in [0.3, 0.4) is 0 Å². The first-order chi connectivity index (χ1) is 7.22. The molecule has 0 aliphatic carbocycles. The predicted molar refractivity (Wildman–Crippen MR) is 61.3 cm³/mol. The molecule has 0 spiro atoms. The molecule has 1 aliphatic heterocycles. The van der Waals surface area contributed by atoms with Gasteiger partial charge in [-0.05, 0) is 26.7 Å². The summed E-state index contributed by atoms with van der Waals surface area (Å²) >= 11 is 1.48. The predicted octanol–water partition coefficient (Wildman–Crippen LogP) is 2.06. The maximum atomic E-state index is 5.02. The van der Waals surface area contributed by atoms with Gasteiger partial charge in [-0.3, -0.25) is 0 Å². The van der Waals surface area contributed by atoms with E-state index in [1.807, 2.05) is 0 Å². The standard InChI is InChI=1S/C10H17N3OS/c1-7-4-5-8(2)13(7)10-11-9(6-14-3)12-15-10/h7-8H,4-6H2,1-3H3/t7-,8+. The quantitative estimate of drug-likeness (QED) is 0.792. The summed E-state index contributed by atoms with van der Waals surface area (Å²) in [6.07, 6.45) is 2.50. The van der Waals surface area contributed by atoms with Crippen molar-refractivity contribution in [2.45, 2.75) is 45.4 Å². The second kappa shape index (κ2) is 4.45. The van der Waals surface area contributed by atoms with Crippen LogP contribution in [-0.2, 0) is 11.3 Å². The van der Waals surface area contributed by atoms with Gasteiger partial charge >= 0.3 is 0 Å². The van der Waals surface area contributed by atoms with Crippen molar-refractivity contribution in [2.24, 2.45) is 0 Å². The molecule has 2 atom stereocenters. The molecule has 4 nitrogen and oxygen atoms in total. The maximum Gasteiger partial charge on any atom is 0.205 e. The van der Waals surface area contributed by atoms with Gasteiger partial charge in [-0.25, -0.2) is 4.98 Å². The van der Waals surface area contributed by atoms with Crippen molar-refractivity contribution in [1.82, 2.24) is 9.36 Å². The molecule has 0 aromatic carbocycles. The molecule has 84 valence electrons. The van der Waals surface area contributed by atoms with Crippen LogP contribution < -0.4 is 4.90 Å². The van der Waals surface area contributed by atoms with Crippen LogP contribution in [0.1, 0.15) is 32.5 Å². The fourth-order valence-electron chi connectivity index (χ4n) is 2.11. The number of hydrogen-bond donors (Lipinski definition) is 0. The second-order valence-electron chi connectivity index (χ2n) is 4.11. The van der Waals surface area contributed by atoms with Crippen molar-refractivity contribution in [1.29, 1.82) is 0 Å². The normalized spacial score (nSPS) is 26.2. The number of rotatable bonds is 3. The van der Waals surface area contributed by atoms with Crippen LogP contribution in [0.2, 0.25) is 0 Å². The van der Waals surface area contributed by atoms with Crippen molar-refractivity contribution >= 4 is 16.7 Å². The maximum absolute atomic E-state index is 5.02. The summed E-state index contributed by atoms with van der Waals surface area (Å²) in [5.74, 6) is 0.795. The molecule has 0 amide bonds. The molecule has 1 aromatic heterocycles. The molecular formula is C10H17N3OS. The van der Waals surface area contributed by atoms with Gasteiger partial charge in [0.1, 0.15) is 6.61 Å². The second-order valence-corrected chi connectivity index (χ2v) is 4.84. The monoisotopic (exact) mass is 227 g/mol. The average Bonchev–Trinajstić information content (AvgIpc) is 2.75. The molecule has 0 unspecified atom stereocenters.